The molecule has 1 heterocycles. The van der Waals surface area contributed by atoms with Gasteiger partial charge >= 0.3 is 25.4 Å². The summed E-state index contributed by atoms with van der Waals surface area (Å²) in [5.41, 5.74) is 4.84. The van der Waals surface area contributed by atoms with Crippen LogP contribution in [0.3, 0.4) is 0 Å². The number of nitrogens with one attached hydrogen (secondary N) is 2. The van der Waals surface area contributed by atoms with Gasteiger partial charge in [-0.1, -0.05) is 0 Å². The average Bonchev–Trinajstić information content (AvgIpc) is 2.98. The van der Waals surface area contributed by atoms with Gasteiger partial charge in [0, 0.05) is 43.2 Å². The first-order valence-electron chi connectivity index (χ1n) is 7.90. The minimum atomic E-state index is -2.91. The van der Waals surface area contributed by atoms with Crippen molar-refractivity contribution in [1.29, 1.82) is 0 Å². The number of hydrogen-bond donors (Lipinski definition) is 5. The molecule has 0 saturated heterocycles. The summed E-state index contributed by atoms with van der Waals surface area (Å²) in [5.74, 6) is -3.26. The number of carbonyl (C=O) groups excluding carboxylic acids is 2. The molecule has 0 aliphatic heterocycles. The number of thioether (sulfide) groups is 1. The zero-order valence-electron chi connectivity index (χ0n) is 16.1. The van der Waals surface area contributed by atoms with E-state index in [1.807, 2.05) is 18.7 Å². The summed E-state index contributed by atoms with van der Waals surface area (Å²) in [7, 11) is 1.67. The molecule has 0 radical (unpaired) electrons. The third-order valence-electron chi connectivity index (χ3n) is 3.23. The van der Waals surface area contributed by atoms with Crippen molar-refractivity contribution in [3.8, 4) is 0 Å². The number of aliphatic hydroxyl groups is 1. The maximum absolute atomic E-state index is 10.2. The number of aryl methyl sites for hydroxylation is 1. The van der Waals surface area contributed by atoms with E-state index in [2.05, 4.69) is 20.3 Å². The summed E-state index contributed by atoms with van der Waals surface area (Å²) in [6.07, 6.45) is -0.837. The van der Waals surface area contributed by atoms with Crippen LogP contribution in [-0.4, -0.2) is 69.0 Å². The van der Waals surface area contributed by atoms with Gasteiger partial charge in [-0.15, -0.1) is 0 Å². The van der Waals surface area contributed by atoms with Crippen LogP contribution in [0.5, 0.6) is 0 Å². The number of H-pyrrole nitrogens is 1. The number of imidazole rings is 1. The maximum Gasteiger partial charge on any atom is 2.00 e. The van der Waals surface area contributed by atoms with E-state index in [0.29, 0.717) is 5.96 Å². The Labute approximate surface area is 184 Å². The van der Waals surface area contributed by atoms with Crippen LogP contribution in [-0.2, 0) is 39.6 Å². The predicted octanol–water partition coefficient (Wildman–Crippen LogP) is -3.43. The summed E-state index contributed by atoms with van der Waals surface area (Å²) in [4.78, 5) is 41.2. The molecule has 1 unspecified atom stereocenters. The number of carboxylic acids is 3. The van der Waals surface area contributed by atoms with Crippen molar-refractivity contribution in [2.75, 3.05) is 19.3 Å². The van der Waals surface area contributed by atoms with Gasteiger partial charge in [0.1, 0.15) is 5.60 Å². The Morgan fingerprint density at radius 1 is 1.38 bits per heavy atom. The van der Waals surface area contributed by atoms with E-state index in [-0.39, 0.29) is 19.5 Å². The van der Waals surface area contributed by atoms with Crippen molar-refractivity contribution in [1.82, 2.24) is 15.3 Å². The second-order valence-corrected chi connectivity index (χ2v) is 6.61. The van der Waals surface area contributed by atoms with Gasteiger partial charge in [-0.05, 0) is 6.92 Å². The first-order valence-corrected chi connectivity index (χ1v) is 9.05. The standard InChI is InChI=1S/C9H17N5S.C6H8O7.Zn/c1-7-8(14-6-13-7)5-15-4-3-12-9(10)11-2;7-3(8)1-6(13,5(11)12)2-4(9)10;/h6H,3-5H2,1-2H3,(H,13,14)(H3,10,11,12);13H,1-2H2,(H,7,8)(H,9,10)(H,11,12);/q;;+2/p-2. The van der Waals surface area contributed by atoms with Crippen molar-refractivity contribution < 1.29 is 54.3 Å². The molecule has 158 valence electrons. The Morgan fingerprint density at radius 2 is 2.00 bits per heavy atom. The molecule has 0 bridgehead atoms. The predicted molar refractivity (Wildman–Crippen MR) is 96.9 cm³/mol. The molecule has 1 rings (SSSR count). The van der Waals surface area contributed by atoms with E-state index in [0.717, 1.165) is 29.4 Å². The second kappa shape index (κ2) is 14.8. The maximum atomic E-state index is 10.2. The molecule has 0 aliphatic carbocycles. The summed E-state index contributed by atoms with van der Waals surface area (Å²) >= 11 is 1.82. The third kappa shape index (κ3) is 12.8. The molecule has 29 heavy (non-hydrogen) atoms. The largest absolute Gasteiger partial charge is 2.00 e. The summed E-state index contributed by atoms with van der Waals surface area (Å²) in [5, 5.41) is 40.2. The van der Waals surface area contributed by atoms with Crippen LogP contribution < -0.4 is 21.3 Å². The van der Waals surface area contributed by atoms with E-state index in [1.54, 1.807) is 13.4 Å². The Kier molecular flexibility index (Phi) is 14.8. The molecule has 1 aromatic rings. The zero-order valence-corrected chi connectivity index (χ0v) is 19.9. The number of carbonyl (C=O) groups is 3. The molecule has 14 heteroatoms. The fourth-order valence-corrected chi connectivity index (χ4v) is 2.60. The van der Waals surface area contributed by atoms with Gasteiger partial charge in [-0.2, -0.15) is 11.8 Å². The quantitative estimate of drug-likeness (QED) is 0.0955. The van der Waals surface area contributed by atoms with Crippen LogP contribution in [0, 0.1) is 6.92 Å². The summed E-state index contributed by atoms with van der Waals surface area (Å²) in [6.45, 7) is 2.86. The Morgan fingerprint density at radius 3 is 2.41 bits per heavy atom. The van der Waals surface area contributed by atoms with E-state index >= 15 is 0 Å². The first kappa shape index (κ1) is 29.0. The SMILES string of the molecule is CN=C(N)NCCSCc1nc[nH]c1C.O=C([O-])CC(O)(CC(=O)O)C(=O)[O-].[Zn+2]. The minimum Gasteiger partial charge on any atom is -0.550 e. The molecule has 0 spiro atoms. The third-order valence-corrected chi connectivity index (χ3v) is 4.20. The van der Waals surface area contributed by atoms with Crippen LogP contribution in [0.15, 0.2) is 11.3 Å². The van der Waals surface area contributed by atoms with E-state index < -0.39 is 36.4 Å². The molecule has 0 aliphatic rings. The first-order chi connectivity index (χ1) is 13.0. The van der Waals surface area contributed by atoms with Crippen LogP contribution in [0.25, 0.3) is 0 Å². The smallest absolute Gasteiger partial charge is 0.550 e. The van der Waals surface area contributed by atoms with Crippen molar-refractivity contribution in [2.24, 2.45) is 10.7 Å². The van der Waals surface area contributed by atoms with Gasteiger partial charge in [0.2, 0.25) is 0 Å². The molecular formula is C15H23N5O7SZn. The number of nitrogens with zero attached hydrogens (tertiary/aromatic N) is 2. The molecule has 0 saturated carbocycles. The Bertz CT molecular complexity index is 682. The number of aromatic nitrogens is 2. The van der Waals surface area contributed by atoms with Gasteiger partial charge in [-0.25, -0.2) is 4.98 Å². The van der Waals surface area contributed by atoms with Crippen molar-refractivity contribution in [3.63, 3.8) is 0 Å². The Hall–Kier alpha value is -2.18. The van der Waals surface area contributed by atoms with Gasteiger partial charge in [0.05, 0.1) is 24.4 Å². The topological polar surface area (TPSA) is 217 Å². The number of nitrogens with two attached hydrogens (primary N) is 1. The molecule has 6 N–H and O–H groups in total. The number of rotatable bonds is 10. The number of guanidine groups is 1. The molecule has 1 aromatic heterocycles. The molecule has 0 amide bonds. The monoisotopic (exact) mass is 481 g/mol. The molecule has 0 aromatic carbocycles. The average molecular weight is 483 g/mol. The fraction of sp³-hybridized carbons (Fsp3) is 0.533. The van der Waals surface area contributed by atoms with E-state index in [9.17, 15) is 24.6 Å². The van der Waals surface area contributed by atoms with Crippen molar-refractivity contribution in [2.45, 2.75) is 31.1 Å². The van der Waals surface area contributed by atoms with Crippen LogP contribution >= 0.6 is 11.8 Å². The number of aliphatic imine (C=N–C) groups is 1. The zero-order chi connectivity index (χ0) is 21.7. The number of aliphatic carboxylic acids is 3. The van der Waals surface area contributed by atoms with E-state index in [4.69, 9.17) is 15.9 Å². The minimum absolute atomic E-state index is 0. The van der Waals surface area contributed by atoms with E-state index in [1.165, 1.54) is 0 Å². The van der Waals surface area contributed by atoms with Crippen LogP contribution in [0.1, 0.15) is 24.2 Å². The van der Waals surface area contributed by atoms with Gasteiger partial charge in [0.25, 0.3) is 0 Å². The molecule has 1 atom stereocenters. The van der Waals surface area contributed by atoms with Crippen molar-refractivity contribution >= 4 is 35.6 Å². The Balaban J connectivity index is 0. The fourth-order valence-electron chi connectivity index (χ4n) is 1.73. The van der Waals surface area contributed by atoms with Gasteiger partial charge < -0.3 is 46.0 Å². The second-order valence-electron chi connectivity index (χ2n) is 5.50. The van der Waals surface area contributed by atoms with Gasteiger partial charge in [0.15, 0.2) is 5.96 Å². The normalized spacial score (nSPS) is 12.6. The van der Waals surface area contributed by atoms with Crippen LogP contribution in [0.2, 0.25) is 0 Å². The van der Waals surface area contributed by atoms with Crippen molar-refractivity contribution in [3.05, 3.63) is 17.7 Å². The summed E-state index contributed by atoms with van der Waals surface area (Å²) in [6, 6.07) is 0. The van der Waals surface area contributed by atoms with Crippen LogP contribution in [0.4, 0.5) is 0 Å². The number of aromatic amines is 1. The molecule has 12 nitrogen and oxygen atoms in total. The number of hydrogen-bond acceptors (Lipinski definition) is 9. The summed E-state index contributed by atoms with van der Waals surface area (Å²) < 4.78 is 0. The van der Waals surface area contributed by atoms with Gasteiger partial charge in [-0.3, -0.25) is 9.79 Å². The number of carboxylic acid groups (broad SMARTS) is 3. The molecule has 0 fully saturated rings. The molecular weight excluding hydrogens is 460 g/mol.